The van der Waals surface area contributed by atoms with Crippen LogP contribution in [-0.4, -0.2) is 71.7 Å². The molecule has 1 aromatic heterocycles. The third-order valence-electron chi connectivity index (χ3n) is 5.82. The minimum absolute atomic E-state index is 0.00748. The van der Waals surface area contributed by atoms with Crippen molar-refractivity contribution in [2.45, 2.75) is 37.3 Å². The Bertz CT molecular complexity index is 1120. The van der Waals surface area contributed by atoms with E-state index in [9.17, 15) is 19.6 Å². The fourth-order valence-corrected chi connectivity index (χ4v) is 3.90. The first kappa shape index (κ1) is 23.0. The Labute approximate surface area is 195 Å². The molecule has 2 aliphatic rings. The number of likely N-dealkylation sites (N-methyl/N-ethyl adjacent to an activating group) is 1. The van der Waals surface area contributed by atoms with Crippen LogP contribution in [0.1, 0.15) is 25.2 Å². The first-order valence-corrected chi connectivity index (χ1v) is 11.3. The van der Waals surface area contributed by atoms with Gasteiger partial charge in [-0.3, -0.25) is 19.3 Å². The molecule has 2 fully saturated rings. The number of benzene rings is 1. The monoisotopic (exact) mass is 472 g/mol. The van der Waals surface area contributed by atoms with E-state index in [1.165, 1.54) is 0 Å². The molecule has 2 N–H and O–H groups in total. The van der Waals surface area contributed by atoms with Crippen molar-refractivity contribution < 1.29 is 18.8 Å². The number of alkyl halides is 1. The zero-order valence-electron chi connectivity index (χ0n) is 18.3. The number of halogens is 1. The molecule has 1 aromatic carbocycles. The Balaban J connectivity index is 1.52. The standard InChI is InChI=1S/C22H25ClN6O4/c1-28-8-9-29(20(31)12-28)14-2-3-15-17(10-14)33-19(26-15)11-16(25-18(30)4-7-23)21(32)27-22(13-24)5-6-22/h2-3,10,16H,4-9,11-12H2,1H3,(H,25,30)(H,27,32)/t16-/m0/s1. The Morgan fingerprint density at radius 2 is 2.15 bits per heavy atom. The average Bonchev–Trinajstić information content (AvgIpc) is 3.43. The van der Waals surface area contributed by atoms with Gasteiger partial charge in [0, 0.05) is 37.1 Å². The number of amides is 3. The van der Waals surface area contributed by atoms with E-state index >= 15 is 0 Å². The van der Waals surface area contributed by atoms with Gasteiger partial charge in [-0.25, -0.2) is 4.98 Å². The normalized spacial score (nSPS) is 18.6. The van der Waals surface area contributed by atoms with E-state index in [-0.39, 0.29) is 36.4 Å². The smallest absolute Gasteiger partial charge is 0.244 e. The number of piperazine rings is 1. The highest BCUT2D eigenvalue weighted by Crippen LogP contribution is 2.34. The number of fused-ring (bicyclic) bond motifs is 1. The number of anilines is 1. The van der Waals surface area contributed by atoms with Crippen LogP contribution in [0.5, 0.6) is 0 Å². The summed E-state index contributed by atoms with van der Waals surface area (Å²) in [6.07, 6.45) is 1.23. The molecule has 0 bridgehead atoms. The Kier molecular flexibility index (Phi) is 6.54. The lowest BCUT2D eigenvalue weighted by Gasteiger charge is -2.32. The fourth-order valence-electron chi connectivity index (χ4n) is 3.73. The van der Waals surface area contributed by atoms with Crippen molar-refractivity contribution in [2.75, 3.05) is 37.5 Å². The van der Waals surface area contributed by atoms with Crippen molar-refractivity contribution in [2.24, 2.45) is 0 Å². The van der Waals surface area contributed by atoms with E-state index in [0.717, 1.165) is 12.2 Å². The van der Waals surface area contributed by atoms with Crippen LogP contribution in [-0.2, 0) is 20.8 Å². The largest absolute Gasteiger partial charge is 0.441 e. The number of rotatable bonds is 8. The molecule has 2 aromatic rings. The molecule has 10 nitrogen and oxygen atoms in total. The zero-order valence-corrected chi connectivity index (χ0v) is 19.0. The second-order valence-electron chi connectivity index (χ2n) is 8.49. The predicted molar refractivity (Wildman–Crippen MR) is 121 cm³/mol. The molecule has 1 atom stereocenters. The molecule has 33 heavy (non-hydrogen) atoms. The van der Waals surface area contributed by atoms with Crippen LogP contribution in [0.25, 0.3) is 11.1 Å². The van der Waals surface area contributed by atoms with Crippen molar-refractivity contribution in [1.29, 1.82) is 5.26 Å². The summed E-state index contributed by atoms with van der Waals surface area (Å²) in [6, 6.07) is 6.48. The first-order valence-electron chi connectivity index (χ1n) is 10.8. The molecule has 11 heteroatoms. The second kappa shape index (κ2) is 9.37. The molecule has 0 radical (unpaired) electrons. The molecule has 174 valence electrons. The topological polar surface area (TPSA) is 132 Å². The van der Waals surface area contributed by atoms with E-state index in [2.05, 4.69) is 21.7 Å². The molecule has 1 saturated carbocycles. The maximum absolute atomic E-state index is 12.8. The minimum Gasteiger partial charge on any atom is -0.441 e. The highest BCUT2D eigenvalue weighted by molar-refractivity contribution is 6.19. The number of nitrogens with one attached hydrogen (secondary N) is 2. The summed E-state index contributed by atoms with van der Waals surface area (Å²) in [7, 11) is 1.90. The van der Waals surface area contributed by atoms with E-state index in [4.69, 9.17) is 16.0 Å². The fraction of sp³-hybridized carbons (Fsp3) is 0.500. The summed E-state index contributed by atoms with van der Waals surface area (Å²) in [5.41, 5.74) is 0.920. The Morgan fingerprint density at radius 1 is 1.36 bits per heavy atom. The van der Waals surface area contributed by atoms with Gasteiger partial charge in [-0.05, 0) is 32.0 Å². The van der Waals surface area contributed by atoms with Gasteiger partial charge in [-0.2, -0.15) is 5.26 Å². The van der Waals surface area contributed by atoms with E-state index in [0.29, 0.717) is 37.0 Å². The van der Waals surface area contributed by atoms with Crippen LogP contribution in [0.2, 0.25) is 0 Å². The maximum Gasteiger partial charge on any atom is 0.244 e. The van der Waals surface area contributed by atoms with Crippen LogP contribution >= 0.6 is 11.6 Å². The quantitative estimate of drug-likeness (QED) is 0.546. The lowest BCUT2D eigenvalue weighted by Crippen LogP contribution is -2.51. The minimum atomic E-state index is -0.960. The van der Waals surface area contributed by atoms with Crippen molar-refractivity contribution in [3.05, 3.63) is 24.1 Å². The highest BCUT2D eigenvalue weighted by Gasteiger charge is 2.45. The van der Waals surface area contributed by atoms with Crippen molar-refractivity contribution in [3.63, 3.8) is 0 Å². The molecule has 1 aliphatic heterocycles. The number of hydrogen-bond donors (Lipinski definition) is 2. The lowest BCUT2D eigenvalue weighted by atomic mass is 10.1. The number of nitrogens with zero attached hydrogens (tertiary/aromatic N) is 4. The molecule has 1 saturated heterocycles. The van der Waals surface area contributed by atoms with Crippen LogP contribution in [0.4, 0.5) is 5.69 Å². The van der Waals surface area contributed by atoms with E-state index < -0.39 is 17.5 Å². The van der Waals surface area contributed by atoms with Gasteiger partial charge in [0.15, 0.2) is 11.5 Å². The predicted octanol–water partition coefficient (Wildman–Crippen LogP) is 0.935. The summed E-state index contributed by atoms with van der Waals surface area (Å²) in [4.78, 5) is 45.4. The third-order valence-corrected chi connectivity index (χ3v) is 6.01. The molecule has 3 amide bonds. The summed E-state index contributed by atoms with van der Waals surface area (Å²) < 4.78 is 5.87. The molecule has 0 spiro atoms. The average molecular weight is 473 g/mol. The zero-order chi connectivity index (χ0) is 23.6. The molecular formula is C22H25ClN6O4. The van der Waals surface area contributed by atoms with E-state index in [1.807, 2.05) is 18.0 Å². The van der Waals surface area contributed by atoms with Crippen molar-refractivity contribution >= 4 is 46.1 Å². The number of nitriles is 1. The van der Waals surface area contributed by atoms with Crippen LogP contribution < -0.4 is 15.5 Å². The van der Waals surface area contributed by atoms with Crippen molar-refractivity contribution in [3.8, 4) is 6.07 Å². The maximum atomic E-state index is 12.8. The Morgan fingerprint density at radius 3 is 2.82 bits per heavy atom. The van der Waals surface area contributed by atoms with Crippen molar-refractivity contribution in [1.82, 2.24) is 20.5 Å². The van der Waals surface area contributed by atoms with Gasteiger partial charge in [0.05, 0.1) is 19.0 Å². The highest BCUT2D eigenvalue weighted by atomic mass is 35.5. The Hall–Kier alpha value is -3.16. The number of aromatic nitrogens is 1. The van der Waals surface area contributed by atoms with Gasteiger partial charge >= 0.3 is 0 Å². The second-order valence-corrected chi connectivity index (χ2v) is 8.87. The van der Waals surface area contributed by atoms with E-state index in [1.54, 1.807) is 17.0 Å². The molecular weight excluding hydrogens is 448 g/mol. The third kappa shape index (κ3) is 5.26. The van der Waals surface area contributed by atoms with Gasteiger partial charge in [0.25, 0.3) is 0 Å². The summed E-state index contributed by atoms with van der Waals surface area (Å²) in [5, 5.41) is 14.6. The first-order chi connectivity index (χ1) is 15.8. The summed E-state index contributed by atoms with van der Waals surface area (Å²) in [5.74, 6) is -0.450. The van der Waals surface area contributed by atoms with Gasteiger partial charge in [0.1, 0.15) is 17.1 Å². The molecule has 2 heterocycles. The summed E-state index contributed by atoms with van der Waals surface area (Å²) in [6.45, 7) is 1.70. The van der Waals surface area contributed by atoms with Gasteiger partial charge in [-0.1, -0.05) is 0 Å². The summed E-state index contributed by atoms with van der Waals surface area (Å²) >= 11 is 5.64. The molecule has 0 unspecified atom stereocenters. The number of oxazole rings is 1. The van der Waals surface area contributed by atoms with Crippen LogP contribution in [0, 0.1) is 11.3 Å². The van der Waals surface area contributed by atoms with Gasteiger partial charge < -0.3 is 20.0 Å². The SMILES string of the molecule is CN1CCN(c2ccc3nc(C[C@H](NC(=O)CCCl)C(=O)NC4(C#N)CC4)oc3c2)C(=O)C1. The number of carbonyl (C=O) groups excluding carboxylic acids is 3. The number of hydrogen-bond acceptors (Lipinski definition) is 7. The molecule has 4 rings (SSSR count). The van der Waals surface area contributed by atoms with Gasteiger partial charge in [0.2, 0.25) is 17.7 Å². The lowest BCUT2D eigenvalue weighted by molar-refractivity contribution is -0.129. The van der Waals surface area contributed by atoms with Crippen LogP contribution in [0.3, 0.4) is 0 Å². The van der Waals surface area contributed by atoms with Gasteiger partial charge in [-0.15, -0.1) is 11.6 Å². The molecule has 1 aliphatic carbocycles. The number of carbonyl (C=O) groups is 3. The van der Waals surface area contributed by atoms with Crippen LogP contribution in [0.15, 0.2) is 22.6 Å².